The summed E-state index contributed by atoms with van der Waals surface area (Å²) in [7, 11) is 0. The van der Waals surface area contributed by atoms with Crippen LogP contribution < -0.4 is 11.1 Å². The Morgan fingerprint density at radius 2 is 2.24 bits per heavy atom. The zero-order valence-electron chi connectivity index (χ0n) is 10.5. The fraction of sp³-hybridized carbons (Fsp3) is 0.917. The van der Waals surface area contributed by atoms with Gasteiger partial charge in [0.2, 0.25) is 5.91 Å². The van der Waals surface area contributed by atoms with Gasteiger partial charge < -0.3 is 16.2 Å². The molecule has 4 nitrogen and oxygen atoms in total. The Balaban J connectivity index is 2.37. The lowest BCUT2D eigenvalue weighted by Gasteiger charge is -2.31. The van der Waals surface area contributed by atoms with Crippen molar-refractivity contribution in [3.8, 4) is 0 Å². The highest BCUT2D eigenvalue weighted by molar-refractivity contribution is 7.98. The zero-order chi connectivity index (χ0) is 12.7. The average Bonchev–Trinajstić information content (AvgIpc) is 2.36. The molecule has 1 aliphatic carbocycles. The predicted octanol–water partition coefficient (Wildman–Crippen LogP) is 0.734. The van der Waals surface area contributed by atoms with Crippen molar-refractivity contribution in [1.29, 1.82) is 0 Å². The van der Waals surface area contributed by atoms with Crippen molar-refractivity contribution in [2.45, 2.75) is 44.2 Å². The lowest BCUT2D eigenvalue weighted by Crippen LogP contribution is -2.49. The van der Waals surface area contributed by atoms with Gasteiger partial charge in [-0.3, -0.25) is 4.79 Å². The third-order valence-corrected chi connectivity index (χ3v) is 4.08. The number of thioether (sulfide) groups is 1. The van der Waals surface area contributed by atoms with Crippen LogP contribution in [0.5, 0.6) is 0 Å². The molecule has 5 heteroatoms. The second-order valence-electron chi connectivity index (χ2n) is 4.73. The minimum absolute atomic E-state index is 0.0654. The largest absolute Gasteiger partial charge is 0.396 e. The van der Waals surface area contributed by atoms with Crippen LogP contribution in [0.25, 0.3) is 0 Å². The van der Waals surface area contributed by atoms with E-state index >= 15 is 0 Å². The smallest absolute Gasteiger partial charge is 0.237 e. The van der Waals surface area contributed by atoms with Crippen LogP contribution in [0.3, 0.4) is 0 Å². The number of nitrogens with one attached hydrogen (secondary N) is 1. The quantitative estimate of drug-likeness (QED) is 0.658. The molecule has 1 saturated carbocycles. The first kappa shape index (κ1) is 14.8. The van der Waals surface area contributed by atoms with Gasteiger partial charge in [-0.15, -0.1) is 0 Å². The number of amides is 1. The van der Waals surface area contributed by atoms with Crippen LogP contribution in [0.4, 0.5) is 0 Å². The van der Waals surface area contributed by atoms with Crippen molar-refractivity contribution in [3.05, 3.63) is 0 Å². The molecule has 0 spiro atoms. The van der Waals surface area contributed by atoms with E-state index in [2.05, 4.69) is 5.32 Å². The average molecular weight is 260 g/mol. The Labute approximate surface area is 108 Å². The van der Waals surface area contributed by atoms with E-state index in [1.54, 1.807) is 11.8 Å². The molecule has 1 amide bonds. The minimum atomic E-state index is -0.413. The molecule has 1 rings (SSSR count). The molecule has 3 atom stereocenters. The zero-order valence-corrected chi connectivity index (χ0v) is 11.3. The van der Waals surface area contributed by atoms with Gasteiger partial charge in [0.25, 0.3) is 0 Å². The molecule has 0 heterocycles. The van der Waals surface area contributed by atoms with E-state index in [1.807, 2.05) is 6.26 Å². The highest BCUT2D eigenvalue weighted by atomic mass is 32.2. The fourth-order valence-corrected chi connectivity index (χ4v) is 2.77. The lowest BCUT2D eigenvalue weighted by atomic mass is 9.85. The summed E-state index contributed by atoms with van der Waals surface area (Å²) >= 11 is 1.70. The van der Waals surface area contributed by atoms with Crippen molar-refractivity contribution in [2.75, 3.05) is 18.6 Å². The summed E-state index contributed by atoms with van der Waals surface area (Å²) in [5.41, 5.74) is 5.82. The van der Waals surface area contributed by atoms with Crippen molar-refractivity contribution in [3.63, 3.8) is 0 Å². The Bertz CT molecular complexity index is 239. The van der Waals surface area contributed by atoms with Gasteiger partial charge in [0, 0.05) is 18.6 Å². The first-order valence-electron chi connectivity index (χ1n) is 6.34. The summed E-state index contributed by atoms with van der Waals surface area (Å²) in [5, 5.41) is 12.3. The van der Waals surface area contributed by atoms with Crippen LogP contribution >= 0.6 is 11.8 Å². The highest BCUT2D eigenvalue weighted by Gasteiger charge is 2.27. The number of nitrogens with two attached hydrogens (primary N) is 1. The summed E-state index contributed by atoms with van der Waals surface area (Å²) in [4.78, 5) is 11.9. The summed E-state index contributed by atoms with van der Waals surface area (Å²) in [6.45, 7) is 0.158. The number of aliphatic hydroxyl groups is 1. The third kappa shape index (κ3) is 4.85. The standard InChI is InChI=1S/C12H24N2O2S/c1-17-7-6-10(13)12(16)14-11-5-3-2-4-9(11)8-15/h9-11,15H,2-8,13H2,1H3,(H,14,16)/t9?,10-,11?/m1/s1. The van der Waals surface area contributed by atoms with Crippen LogP contribution in [0.1, 0.15) is 32.1 Å². The molecule has 0 aromatic rings. The van der Waals surface area contributed by atoms with E-state index in [0.29, 0.717) is 6.42 Å². The molecule has 0 aromatic carbocycles. The Hall–Kier alpha value is -0.260. The molecule has 4 N–H and O–H groups in total. The van der Waals surface area contributed by atoms with Gasteiger partial charge in [0.05, 0.1) is 6.04 Å². The van der Waals surface area contributed by atoms with Gasteiger partial charge in [-0.1, -0.05) is 12.8 Å². The molecule has 0 saturated heterocycles. The fourth-order valence-electron chi connectivity index (χ4n) is 2.28. The van der Waals surface area contributed by atoms with E-state index < -0.39 is 6.04 Å². The molecule has 100 valence electrons. The van der Waals surface area contributed by atoms with Gasteiger partial charge in [-0.05, 0) is 31.3 Å². The minimum Gasteiger partial charge on any atom is -0.396 e. The maximum absolute atomic E-state index is 11.9. The molecule has 17 heavy (non-hydrogen) atoms. The van der Waals surface area contributed by atoms with Gasteiger partial charge >= 0.3 is 0 Å². The number of carbonyl (C=O) groups is 1. The van der Waals surface area contributed by atoms with Gasteiger partial charge in [-0.2, -0.15) is 11.8 Å². The van der Waals surface area contributed by atoms with Crippen molar-refractivity contribution < 1.29 is 9.90 Å². The Kier molecular flexibility index (Phi) is 6.92. The summed E-state index contributed by atoms with van der Waals surface area (Å²) < 4.78 is 0. The second kappa shape index (κ2) is 7.95. The molecule has 2 unspecified atom stereocenters. The van der Waals surface area contributed by atoms with Crippen LogP contribution in [0, 0.1) is 5.92 Å². The van der Waals surface area contributed by atoms with Crippen LogP contribution in [-0.4, -0.2) is 41.7 Å². The lowest BCUT2D eigenvalue weighted by molar-refractivity contribution is -0.123. The second-order valence-corrected chi connectivity index (χ2v) is 5.72. The number of hydrogen-bond acceptors (Lipinski definition) is 4. The Morgan fingerprint density at radius 1 is 1.53 bits per heavy atom. The SMILES string of the molecule is CSCC[C@@H](N)C(=O)NC1CCCCC1CO. The monoisotopic (exact) mass is 260 g/mol. The summed E-state index contributed by atoms with van der Waals surface area (Å²) in [6, 6.07) is -0.301. The normalized spacial score (nSPS) is 26.5. The number of rotatable bonds is 6. The summed E-state index contributed by atoms with van der Waals surface area (Å²) in [5.74, 6) is 1.05. The van der Waals surface area contributed by atoms with E-state index in [1.165, 1.54) is 0 Å². The molecule has 0 radical (unpaired) electrons. The number of aliphatic hydroxyl groups excluding tert-OH is 1. The molecule has 1 aliphatic rings. The topological polar surface area (TPSA) is 75.4 Å². The maximum atomic E-state index is 11.9. The van der Waals surface area contributed by atoms with Crippen LogP contribution in [0.2, 0.25) is 0 Å². The van der Waals surface area contributed by atoms with E-state index in [4.69, 9.17) is 5.73 Å². The number of hydrogen-bond donors (Lipinski definition) is 3. The third-order valence-electron chi connectivity index (χ3n) is 3.44. The summed E-state index contributed by atoms with van der Waals surface area (Å²) in [6.07, 6.45) is 6.96. The van der Waals surface area contributed by atoms with Crippen molar-refractivity contribution >= 4 is 17.7 Å². The molecular formula is C12H24N2O2S. The predicted molar refractivity (Wildman–Crippen MR) is 71.9 cm³/mol. The number of carbonyl (C=O) groups excluding carboxylic acids is 1. The van der Waals surface area contributed by atoms with Gasteiger partial charge in [-0.25, -0.2) is 0 Å². The molecule has 1 fully saturated rings. The van der Waals surface area contributed by atoms with Crippen molar-refractivity contribution in [1.82, 2.24) is 5.32 Å². The molecular weight excluding hydrogens is 236 g/mol. The highest BCUT2D eigenvalue weighted by Crippen LogP contribution is 2.23. The first-order valence-corrected chi connectivity index (χ1v) is 7.74. The van der Waals surface area contributed by atoms with E-state index in [-0.39, 0.29) is 24.5 Å². The molecule has 0 aromatic heterocycles. The Morgan fingerprint density at radius 3 is 2.88 bits per heavy atom. The maximum Gasteiger partial charge on any atom is 0.237 e. The van der Waals surface area contributed by atoms with E-state index in [0.717, 1.165) is 31.4 Å². The van der Waals surface area contributed by atoms with Crippen LogP contribution in [-0.2, 0) is 4.79 Å². The van der Waals surface area contributed by atoms with Gasteiger partial charge in [0.1, 0.15) is 0 Å². The molecule has 0 aliphatic heterocycles. The first-order chi connectivity index (χ1) is 8.19. The van der Waals surface area contributed by atoms with E-state index in [9.17, 15) is 9.90 Å². The van der Waals surface area contributed by atoms with Crippen LogP contribution in [0.15, 0.2) is 0 Å². The van der Waals surface area contributed by atoms with Crippen molar-refractivity contribution in [2.24, 2.45) is 11.7 Å². The van der Waals surface area contributed by atoms with Gasteiger partial charge in [0.15, 0.2) is 0 Å². The molecule has 0 bridgehead atoms.